The summed E-state index contributed by atoms with van der Waals surface area (Å²) in [5, 5.41) is 26.2. The number of thiazole rings is 3. The molecular formula is C64H86N10O12S3. The molecule has 6 aromatic rings. The van der Waals surface area contributed by atoms with E-state index >= 15 is 0 Å². The molecule has 22 nitrogen and oxygen atoms in total. The van der Waals surface area contributed by atoms with Crippen LogP contribution in [0.25, 0.3) is 0 Å². The van der Waals surface area contributed by atoms with Crippen LogP contribution in [0.15, 0.2) is 107 Å². The molecular weight excluding hydrogens is 1200 g/mol. The van der Waals surface area contributed by atoms with Gasteiger partial charge in [-0.05, 0) is 23.1 Å². The van der Waals surface area contributed by atoms with Crippen molar-refractivity contribution in [1.82, 2.24) is 50.5 Å². The van der Waals surface area contributed by atoms with Gasteiger partial charge in [-0.2, -0.15) is 0 Å². The first kappa shape index (κ1) is 72.1. The van der Waals surface area contributed by atoms with Crippen LogP contribution in [0.1, 0.15) is 127 Å². The minimum atomic E-state index is -1.03. The van der Waals surface area contributed by atoms with Crippen LogP contribution in [-0.2, 0) is 77.6 Å². The van der Waals surface area contributed by atoms with Crippen LogP contribution in [0.4, 0.5) is 14.4 Å². The minimum absolute atomic E-state index is 0.0809. The number of esters is 3. The van der Waals surface area contributed by atoms with Crippen molar-refractivity contribution in [2.24, 2.45) is 0 Å². The first-order valence-electron chi connectivity index (χ1n) is 29.6. The monoisotopic (exact) mass is 1280 g/mol. The largest absolute Gasteiger partial charge is 0.459 e. The van der Waals surface area contributed by atoms with E-state index in [1.807, 2.05) is 107 Å². The van der Waals surface area contributed by atoms with E-state index in [0.717, 1.165) is 61.9 Å². The number of aromatic nitrogens is 3. The second-order valence-electron chi connectivity index (χ2n) is 22.0. The fourth-order valence-corrected chi connectivity index (χ4v) is 10.7. The average Bonchev–Trinajstić information content (AvgIpc) is 4.57. The number of carbonyl (C=O) groups is 7. The van der Waals surface area contributed by atoms with Gasteiger partial charge in [0.2, 0.25) is 0 Å². The van der Waals surface area contributed by atoms with Crippen molar-refractivity contribution in [1.29, 1.82) is 0 Å². The van der Waals surface area contributed by atoms with Crippen LogP contribution >= 0.6 is 34.0 Å². The first-order valence-corrected chi connectivity index (χ1v) is 32.2. The molecule has 0 unspecified atom stereocenters. The Hall–Kier alpha value is -7.68. The van der Waals surface area contributed by atoms with E-state index in [2.05, 4.69) is 77.3 Å². The number of hydrogen-bond acceptors (Lipinski definition) is 19. The lowest BCUT2D eigenvalue weighted by atomic mass is 10.2. The molecule has 1 aliphatic rings. The summed E-state index contributed by atoms with van der Waals surface area (Å²) < 4.78 is 21.4. The summed E-state index contributed by atoms with van der Waals surface area (Å²) in [5.41, 5.74) is 5.02. The number of ether oxygens (including phenoxy) is 4. The lowest BCUT2D eigenvalue weighted by molar-refractivity contribution is -0.148. The fraction of sp³-hybridized carbons (Fsp3) is 0.469. The Labute approximate surface area is 534 Å². The van der Waals surface area contributed by atoms with Gasteiger partial charge in [0.1, 0.15) is 44.2 Å². The Kier molecular flexibility index (Phi) is 31.3. The predicted octanol–water partition coefficient (Wildman–Crippen LogP) is 9.25. The van der Waals surface area contributed by atoms with E-state index in [9.17, 15) is 38.7 Å². The van der Waals surface area contributed by atoms with Gasteiger partial charge in [0, 0.05) is 94.1 Å². The third kappa shape index (κ3) is 26.1. The van der Waals surface area contributed by atoms with Gasteiger partial charge < -0.3 is 59.5 Å². The molecule has 1 saturated heterocycles. The second-order valence-corrected chi connectivity index (χ2v) is 24.7. The van der Waals surface area contributed by atoms with Gasteiger partial charge in [-0.1, -0.05) is 133 Å². The molecule has 482 valence electrons. The van der Waals surface area contributed by atoms with E-state index < -0.39 is 48.1 Å². The van der Waals surface area contributed by atoms with Gasteiger partial charge in [0.05, 0.1) is 65.0 Å². The highest BCUT2D eigenvalue weighted by Crippen LogP contribution is 2.23. The minimum Gasteiger partial charge on any atom is -0.459 e. The summed E-state index contributed by atoms with van der Waals surface area (Å²) in [5.74, 6) is -0.624. The summed E-state index contributed by atoms with van der Waals surface area (Å²) in [6, 6.07) is 24.1. The standard InChI is InChI=1S/C24H34N4O4S.C20H27N3O4S.C20H25N3O4S/c1-18(2)22-25-20(17-33-22)15-27(3)24(30)26-21(9-10-28-11-13-31-14-12-28)23(29)32-16-19-7-5-4-6-8-19;2*1-14(2)18-21-16(13-28-18)11-23(3)20(26)22-17(9-10-24)19(25)27-12-15-7-5-4-6-8-15/h4-8,17-18,21H,9-16H2,1-3H3,(H,26,30);4-8,13-14,17,24H,9-12H2,1-3H3,(H,22,26);4-8,10,13-14,17H,9,11-12H2,1-3H3,(H,22,26)/t21-;2*17-/m000/s1. The number of hydrogen-bond donors (Lipinski definition) is 4. The van der Waals surface area contributed by atoms with Crippen LogP contribution in [0.5, 0.6) is 0 Å². The molecule has 0 spiro atoms. The van der Waals surface area contributed by atoms with Gasteiger partial charge in [-0.3, -0.25) is 4.90 Å². The highest BCUT2D eigenvalue weighted by molar-refractivity contribution is 7.10. The summed E-state index contributed by atoms with van der Waals surface area (Å²) in [6.45, 7) is 17.3. The Bertz CT molecular complexity index is 3090. The Balaban J connectivity index is 0.000000244. The Morgan fingerprint density at radius 1 is 0.539 bits per heavy atom. The molecule has 3 aromatic carbocycles. The number of benzene rings is 3. The summed E-state index contributed by atoms with van der Waals surface area (Å²) >= 11 is 4.72. The molecule has 4 heterocycles. The molecule has 0 saturated carbocycles. The van der Waals surface area contributed by atoms with Crippen LogP contribution < -0.4 is 16.0 Å². The van der Waals surface area contributed by atoms with Crippen molar-refractivity contribution < 1.29 is 57.6 Å². The quantitative estimate of drug-likeness (QED) is 0.0203. The molecule has 89 heavy (non-hydrogen) atoms. The van der Waals surface area contributed by atoms with Gasteiger partial charge in [-0.25, -0.2) is 43.7 Å². The van der Waals surface area contributed by atoms with Crippen molar-refractivity contribution >= 4 is 76.3 Å². The normalized spacial score (nSPS) is 13.1. The van der Waals surface area contributed by atoms with Gasteiger partial charge in [0.15, 0.2) is 0 Å². The number of urea groups is 3. The topological polar surface area (TPSA) is 264 Å². The first-order chi connectivity index (χ1) is 42.7. The molecule has 25 heteroatoms. The molecule has 6 amide bonds. The summed E-state index contributed by atoms with van der Waals surface area (Å²) in [7, 11) is 4.95. The number of amides is 6. The molecule has 7 rings (SSSR count). The summed E-state index contributed by atoms with van der Waals surface area (Å²) in [6.07, 6.45) is 0.994. The highest BCUT2D eigenvalue weighted by Gasteiger charge is 2.28. The number of rotatable bonds is 28. The summed E-state index contributed by atoms with van der Waals surface area (Å²) in [4.78, 5) is 106. The number of aldehydes is 1. The molecule has 3 aromatic heterocycles. The van der Waals surface area contributed by atoms with Crippen LogP contribution in [-0.4, -0.2) is 161 Å². The molecule has 0 radical (unpaired) electrons. The molecule has 1 fully saturated rings. The third-order valence-corrected chi connectivity index (χ3v) is 17.0. The van der Waals surface area contributed by atoms with Crippen LogP contribution in [0.3, 0.4) is 0 Å². The smallest absolute Gasteiger partial charge is 0.329 e. The number of aliphatic hydroxyl groups excluding tert-OH is 1. The number of nitrogens with one attached hydrogen (secondary N) is 3. The Morgan fingerprint density at radius 2 is 0.865 bits per heavy atom. The molecule has 1 aliphatic heterocycles. The zero-order chi connectivity index (χ0) is 64.7. The lowest BCUT2D eigenvalue weighted by Gasteiger charge is -2.28. The van der Waals surface area contributed by atoms with E-state index in [4.69, 9.17) is 18.9 Å². The van der Waals surface area contributed by atoms with E-state index in [-0.39, 0.29) is 45.3 Å². The molecule has 0 aliphatic carbocycles. The van der Waals surface area contributed by atoms with E-state index in [0.29, 0.717) is 69.9 Å². The number of carbonyl (C=O) groups excluding carboxylic acids is 7. The maximum absolute atomic E-state index is 12.9. The predicted molar refractivity (Wildman–Crippen MR) is 343 cm³/mol. The third-order valence-electron chi connectivity index (χ3n) is 13.4. The zero-order valence-electron chi connectivity index (χ0n) is 52.3. The molecule has 4 N–H and O–H groups in total. The maximum atomic E-state index is 12.9. The molecule has 3 atom stereocenters. The van der Waals surface area contributed by atoms with Crippen LogP contribution in [0, 0.1) is 0 Å². The second kappa shape index (κ2) is 38.7. The van der Waals surface area contributed by atoms with Crippen molar-refractivity contribution in [3.8, 4) is 0 Å². The SMILES string of the molecule is CC(C)c1nc(CN(C)C(=O)N[C@@H](CC=O)C(=O)OCc2ccccc2)cs1.CC(C)c1nc(CN(C)C(=O)N[C@@H](CCN2CCOCC2)C(=O)OCc2ccccc2)cs1.CC(C)c1nc(CN(C)C(=O)N[C@@H](CCO)C(=O)OCc2ccccc2)cs1. The number of aliphatic hydroxyl groups is 1. The van der Waals surface area contributed by atoms with Crippen LogP contribution in [0.2, 0.25) is 0 Å². The van der Waals surface area contributed by atoms with E-state index in [1.54, 1.807) is 60.1 Å². The maximum Gasteiger partial charge on any atom is 0.329 e. The van der Waals surface area contributed by atoms with Gasteiger partial charge in [0.25, 0.3) is 0 Å². The molecule has 0 bridgehead atoms. The van der Waals surface area contributed by atoms with Crippen molar-refractivity contribution in [3.05, 3.63) is 156 Å². The lowest BCUT2D eigenvalue weighted by Crippen LogP contribution is -2.49. The van der Waals surface area contributed by atoms with Crippen molar-refractivity contribution in [3.63, 3.8) is 0 Å². The number of morpholine rings is 1. The van der Waals surface area contributed by atoms with Gasteiger partial charge >= 0.3 is 36.0 Å². The fourth-order valence-electron chi connectivity index (χ4n) is 8.27. The Morgan fingerprint density at radius 3 is 1.18 bits per heavy atom. The van der Waals surface area contributed by atoms with Gasteiger partial charge in [-0.15, -0.1) is 34.0 Å². The zero-order valence-corrected chi connectivity index (χ0v) is 54.8. The highest BCUT2D eigenvalue weighted by atomic mass is 32.1. The average molecular weight is 1280 g/mol. The van der Waals surface area contributed by atoms with Crippen molar-refractivity contribution in [2.45, 2.75) is 136 Å². The van der Waals surface area contributed by atoms with Crippen molar-refractivity contribution in [2.75, 3.05) is 60.6 Å². The number of nitrogens with zero attached hydrogens (tertiary/aromatic N) is 7. The van der Waals surface area contributed by atoms with E-state index in [1.165, 1.54) is 9.80 Å².